The van der Waals surface area contributed by atoms with E-state index in [2.05, 4.69) is 30.2 Å². The van der Waals surface area contributed by atoms with Crippen molar-refractivity contribution in [3.05, 3.63) is 52.8 Å². The first-order valence-corrected chi connectivity index (χ1v) is 7.49. The van der Waals surface area contributed by atoms with Crippen LogP contribution < -0.4 is 0 Å². The lowest BCUT2D eigenvalue weighted by Gasteiger charge is -2.26. The minimum Gasteiger partial charge on any atom is -0.384 e. The fourth-order valence-electron chi connectivity index (χ4n) is 2.96. The van der Waals surface area contributed by atoms with E-state index in [0.29, 0.717) is 5.92 Å². The molecule has 20 heavy (non-hydrogen) atoms. The van der Waals surface area contributed by atoms with E-state index in [4.69, 9.17) is 0 Å². The van der Waals surface area contributed by atoms with Crippen molar-refractivity contribution in [3.63, 3.8) is 0 Å². The maximum Gasteiger partial charge on any atom is 0.107 e. The molecule has 0 bridgehead atoms. The first kappa shape index (κ1) is 13.4. The van der Waals surface area contributed by atoms with E-state index in [-0.39, 0.29) is 0 Å². The van der Waals surface area contributed by atoms with Gasteiger partial charge in [-0.1, -0.05) is 37.6 Å². The van der Waals surface area contributed by atoms with Crippen molar-refractivity contribution >= 4 is 0 Å². The molecule has 0 saturated heterocycles. The quantitative estimate of drug-likeness (QED) is 0.925. The molecule has 1 heterocycles. The third kappa shape index (κ3) is 2.38. The van der Waals surface area contributed by atoms with Crippen LogP contribution in [0.1, 0.15) is 60.6 Å². The molecule has 0 radical (unpaired) electrons. The van der Waals surface area contributed by atoms with Gasteiger partial charge in [0, 0.05) is 18.8 Å². The van der Waals surface area contributed by atoms with Crippen LogP contribution in [0.3, 0.4) is 0 Å². The predicted molar refractivity (Wildman–Crippen MR) is 79.7 cm³/mol. The number of rotatable bonds is 4. The average Bonchev–Trinajstić information content (AvgIpc) is 2.77. The van der Waals surface area contributed by atoms with Gasteiger partial charge in [-0.05, 0) is 36.3 Å². The van der Waals surface area contributed by atoms with E-state index in [9.17, 15) is 5.11 Å². The number of nitrogens with zero attached hydrogens (tertiary/aromatic N) is 2. The number of aromatic nitrogens is 2. The van der Waals surface area contributed by atoms with Crippen molar-refractivity contribution < 1.29 is 5.11 Å². The lowest BCUT2D eigenvalue weighted by molar-refractivity contribution is 0.219. The Morgan fingerprint density at radius 2 is 2.20 bits per heavy atom. The SMILES string of the molecule is CCc1nn(C)cc1C(O)c1cccc(C2CCC2)c1. The molecule has 3 nitrogen and oxygen atoms in total. The molecule has 1 atom stereocenters. The van der Waals surface area contributed by atoms with E-state index in [0.717, 1.165) is 23.2 Å². The van der Waals surface area contributed by atoms with Gasteiger partial charge in [-0.3, -0.25) is 4.68 Å². The first-order chi connectivity index (χ1) is 9.69. The van der Waals surface area contributed by atoms with Gasteiger partial charge in [0.1, 0.15) is 6.10 Å². The molecule has 3 heteroatoms. The Hall–Kier alpha value is -1.61. The second-order valence-corrected chi connectivity index (χ2v) is 5.76. The van der Waals surface area contributed by atoms with Crippen molar-refractivity contribution in [1.82, 2.24) is 9.78 Å². The molecule has 1 unspecified atom stereocenters. The highest BCUT2D eigenvalue weighted by atomic mass is 16.3. The highest BCUT2D eigenvalue weighted by Gasteiger charge is 2.22. The van der Waals surface area contributed by atoms with Gasteiger partial charge in [0.15, 0.2) is 0 Å². The largest absolute Gasteiger partial charge is 0.384 e. The third-order valence-corrected chi connectivity index (χ3v) is 4.37. The third-order valence-electron chi connectivity index (χ3n) is 4.37. The molecule has 1 aliphatic rings. The molecule has 1 saturated carbocycles. The summed E-state index contributed by atoms with van der Waals surface area (Å²) in [7, 11) is 1.90. The summed E-state index contributed by atoms with van der Waals surface area (Å²) in [5.74, 6) is 0.696. The summed E-state index contributed by atoms with van der Waals surface area (Å²) in [6, 6.07) is 8.43. The second-order valence-electron chi connectivity index (χ2n) is 5.76. The Morgan fingerprint density at radius 3 is 2.85 bits per heavy atom. The number of benzene rings is 1. The lowest BCUT2D eigenvalue weighted by Crippen LogP contribution is -2.10. The molecule has 1 aromatic heterocycles. The van der Waals surface area contributed by atoms with Crippen LogP contribution in [0.15, 0.2) is 30.5 Å². The van der Waals surface area contributed by atoms with Gasteiger partial charge in [-0.2, -0.15) is 5.10 Å². The maximum absolute atomic E-state index is 10.7. The van der Waals surface area contributed by atoms with Crippen molar-refractivity contribution in [2.45, 2.75) is 44.6 Å². The van der Waals surface area contributed by atoms with Crippen LogP contribution in [0.4, 0.5) is 0 Å². The Morgan fingerprint density at radius 1 is 1.40 bits per heavy atom. The summed E-state index contributed by atoms with van der Waals surface area (Å²) in [5, 5.41) is 15.1. The van der Waals surface area contributed by atoms with E-state index in [1.54, 1.807) is 4.68 Å². The molecule has 0 amide bonds. The molecule has 1 aromatic carbocycles. The van der Waals surface area contributed by atoms with Crippen LogP contribution >= 0.6 is 0 Å². The highest BCUT2D eigenvalue weighted by Crippen LogP contribution is 2.37. The van der Waals surface area contributed by atoms with Crippen molar-refractivity contribution in [2.24, 2.45) is 7.05 Å². The summed E-state index contributed by atoms with van der Waals surface area (Å²) in [6.45, 7) is 2.07. The normalized spacial score (nSPS) is 16.9. The van der Waals surface area contributed by atoms with Crippen LogP contribution in [0.25, 0.3) is 0 Å². The van der Waals surface area contributed by atoms with Gasteiger partial charge < -0.3 is 5.11 Å². The number of hydrogen-bond acceptors (Lipinski definition) is 2. The molecule has 1 fully saturated rings. The zero-order valence-corrected chi connectivity index (χ0v) is 12.2. The van der Waals surface area contributed by atoms with E-state index < -0.39 is 6.10 Å². The van der Waals surface area contributed by atoms with Crippen LogP contribution in [-0.4, -0.2) is 14.9 Å². The van der Waals surface area contributed by atoms with Gasteiger partial charge >= 0.3 is 0 Å². The molecule has 3 rings (SSSR count). The zero-order valence-electron chi connectivity index (χ0n) is 12.2. The van der Waals surface area contributed by atoms with E-state index in [1.807, 2.05) is 19.3 Å². The van der Waals surface area contributed by atoms with E-state index >= 15 is 0 Å². The van der Waals surface area contributed by atoms with Gasteiger partial charge in [-0.25, -0.2) is 0 Å². The Balaban J connectivity index is 1.91. The minimum absolute atomic E-state index is 0.571. The lowest BCUT2D eigenvalue weighted by atomic mass is 9.79. The standard InChI is InChI=1S/C17H22N2O/c1-3-16-15(11-19(2)18-16)17(20)14-9-5-8-13(10-14)12-6-4-7-12/h5,8-12,17,20H,3-4,6-7H2,1-2H3. The Bertz CT molecular complexity index is 599. The van der Waals surface area contributed by atoms with Gasteiger partial charge in [0.05, 0.1) is 5.69 Å². The summed E-state index contributed by atoms with van der Waals surface area (Å²) in [5.41, 5.74) is 4.27. The van der Waals surface area contributed by atoms with Crippen molar-refractivity contribution in [2.75, 3.05) is 0 Å². The number of aliphatic hydroxyl groups excluding tert-OH is 1. The molecular weight excluding hydrogens is 248 g/mol. The maximum atomic E-state index is 10.7. The fourth-order valence-corrected chi connectivity index (χ4v) is 2.96. The predicted octanol–water partition coefficient (Wildman–Crippen LogP) is 3.33. The second kappa shape index (κ2) is 5.41. The summed E-state index contributed by atoms with van der Waals surface area (Å²) < 4.78 is 1.78. The summed E-state index contributed by atoms with van der Waals surface area (Å²) in [6.07, 6.45) is 6.10. The molecular formula is C17H22N2O. The molecule has 0 spiro atoms. The van der Waals surface area contributed by atoms with Crippen LogP contribution in [-0.2, 0) is 13.5 Å². The van der Waals surface area contributed by atoms with Gasteiger partial charge in [0.2, 0.25) is 0 Å². The smallest absolute Gasteiger partial charge is 0.107 e. The summed E-state index contributed by atoms with van der Waals surface area (Å²) in [4.78, 5) is 0. The highest BCUT2D eigenvalue weighted by molar-refractivity contribution is 5.35. The van der Waals surface area contributed by atoms with Gasteiger partial charge in [0.25, 0.3) is 0 Å². The fraction of sp³-hybridized carbons (Fsp3) is 0.471. The van der Waals surface area contributed by atoms with Crippen LogP contribution in [0, 0.1) is 0 Å². The zero-order chi connectivity index (χ0) is 14.1. The molecule has 1 aliphatic carbocycles. The minimum atomic E-state index is -0.571. The number of aliphatic hydroxyl groups is 1. The van der Waals surface area contributed by atoms with Crippen molar-refractivity contribution in [3.8, 4) is 0 Å². The van der Waals surface area contributed by atoms with Crippen LogP contribution in [0.5, 0.6) is 0 Å². The Kier molecular flexibility index (Phi) is 3.62. The molecule has 1 N–H and O–H groups in total. The average molecular weight is 270 g/mol. The van der Waals surface area contributed by atoms with E-state index in [1.165, 1.54) is 24.8 Å². The van der Waals surface area contributed by atoms with Crippen LogP contribution in [0.2, 0.25) is 0 Å². The monoisotopic (exact) mass is 270 g/mol. The number of aryl methyl sites for hydroxylation is 2. The topological polar surface area (TPSA) is 38.0 Å². The molecule has 2 aromatic rings. The number of hydrogen-bond donors (Lipinski definition) is 1. The Labute approximate surface area is 120 Å². The van der Waals surface area contributed by atoms with Crippen molar-refractivity contribution in [1.29, 1.82) is 0 Å². The molecule has 106 valence electrons. The van der Waals surface area contributed by atoms with Gasteiger partial charge in [-0.15, -0.1) is 0 Å². The first-order valence-electron chi connectivity index (χ1n) is 7.49. The summed E-state index contributed by atoms with van der Waals surface area (Å²) >= 11 is 0. The molecule has 0 aliphatic heterocycles.